The molecule has 0 spiro atoms. The fourth-order valence-corrected chi connectivity index (χ4v) is 3.52. The van der Waals surface area contributed by atoms with E-state index in [4.69, 9.17) is 4.42 Å². The van der Waals surface area contributed by atoms with Crippen molar-refractivity contribution in [2.45, 2.75) is 6.54 Å². The Morgan fingerprint density at radius 3 is 2.54 bits per heavy atom. The van der Waals surface area contributed by atoms with Crippen LogP contribution in [-0.4, -0.2) is 14.3 Å². The van der Waals surface area contributed by atoms with E-state index in [1.165, 1.54) is 21.6 Å². The fourth-order valence-electron chi connectivity index (χ4n) is 3.52. The molecule has 6 heteroatoms. The van der Waals surface area contributed by atoms with E-state index in [-0.39, 0.29) is 12.2 Å². The van der Waals surface area contributed by atoms with Gasteiger partial charge in [0.05, 0.1) is 12.2 Å². The zero-order valence-electron chi connectivity index (χ0n) is 14.8. The number of benzene rings is 3. The zero-order valence-corrected chi connectivity index (χ0v) is 14.8. The highest BCUT2D eigenvalue weighted by Crippen LogP contribution is 2.27. The molecule has 0 unspecified atom stereocenters. The quantitative estimate of drug-likeness (QED) is 0.361. The van der Waals surface area contributed by atoms with Crippen molar-refractivity contribution in [3.05, 3.63) is 106 Å². The van der Waals surface area contributed by atoms with Crippen LogP contribution in [0.4, 0.5) is 0 Å². The average molecular weight is 369 g/mol. The summed E-state index contributed by atoms with van der Waals surface area (Å²) >= 11 is 0. The van der Waals surface area contributed by atoms with Crippen molar-refractivity contribution in [2.75, 3.05) is 0 Å². The lowest BCUT2D eigenvalue weighted by molar-refractivity contribution is 0.558. The summed E-state index contributed by atoms with van der Waals surface area (Å²) in [5.74, 6) is 0. The summed E-state index contributed by atoms with van der Waals surface area (Å²) in [6.07, 6.45) is 1.49. The predicted octanol–water partition coefficient (Wildman–Crippen LogP) is 3.34. The minimum Gasteiger partial charge on any atom is -0.423 e. The summed E-state index contributed by atoms with van der Waals surface area (Å²) in [4.78, 5) is 24.9. The normalized spacial score (nSPS) is 11.3. The van der Waals surface area contributed by atoms with E-state index in [0.29, 0.717) is 11.3 Å². The predicted molar refractivity (Wildman–Crippen MR) is 107 cm³/mol. The number of aromatic nitrogens is 3. The van der Waals surface area contributed by atoms with Gasteiger partial charge in [-0.05, 0) is 34.5 Å². The number of fused-ring (bicyclic) bond motifs is 3. The van der Waals surface area contributed by atoms with Crippen LogP contribution in [0.3, 0.4) is 0 Å². The molecule has 0 bridgehead atoms. The number of nitrogens with zero attached hydrogens (tertiary/aromatic N) is 3. The van der Waals surface area contributed by atoms with E-state index in [1.54, 1.807) is 6.07 Å². The molecule has 0 aliphatic rings. The molecule has 0 aliphatic heterocycles. The molecule has 2 heterocycles. The van der Waals surface area contributed by atoms with Crippen LogP contribution in [0.1, 0.15) is 5.56 Å². The molecule has 0 atom stereocenters. The van der Waals surface area contributed by atoms with E-state index in [9.17, 15) is 9.59 Å². The van der Waals surface area contributed by atoms with Crippen LogP contribution in [0.5, 0.6) is 0 Å². The van der Waals surface area contributed by atoms with Gasteiger partial charge in [-0.2, -0.15) is 9.78 Å². The average Bonchev–Trinajstić information content (AvgIpc) is 3.08. The van der Waals surface area contributed by atoms with Crippen LogP contribution >= 0.6 is 0 Å². The number of hydrogen-bond donors (Lipinski definition) is 0. The monoisotopic (exact) mass is 369 g/mol. The molecule has 0 radical (unpaired) electrons. The van der Waals surface area contributed by atoms with E-state index in [2.05, 4.69) is 5.10 Å². The molecular weight excluding hydrogens is 354 g/mol. The lowest BCUT2D eigenvalue weighted by atomic mass is 10.0. The molecule has 5 aromatic rings. The highest BCUT2D eigenvalue weighted by molar-refractivity contribution is 6.07. The van der Waals surface area contributed by atoms with Crippen LogP contribution in [0.2, 0.25) is 0 Å². The van der Waals surface area contributed by atoms with E-state index < -0.39 is 5.63 Å². The minimum absolute atomic E-state index is 0.224. The van der Waals surface area contributed by atoms with Crippen LogP contribution in [0.25, 0.3) is 27.4 Å². The first kappa shape index (κ1) is 16.3. The molecule has 0 saturated carbocycles. The van der Waals surface area contributed by atoms with E-state index in [0.717, 1.165) is 21.7 Å². The maximum atomic E-state index is 12.8. The zero-order chi connectivity index (χ0) is 19.1. The van der Waals surface area contributed by atoms with Gasteiger partial charge >= 0.3 is 11.3 Å². The smallest absolute Gasteiger partial charge is 0.350 e. The number of para-hydroxylation sites is 1. The van der Waals surface area contributed by atoms with Gasteiger partial charge in [-0.3, -0.25) is 4.57 Å². The summed E-state index contributed by atoms with van der Waals surface area (Å²) in [6.45, 7) is 0.224. The van der Waals surface area contributed by atoms with Gasteiger partial charge in [-0.15, -0.1) is 0 Å². The summed E-state index contributed by atoms with van der Waals surface area (Å²) in [6, 6.07) is 22.3. The first-order valence-corrected chi connectivity index (χ1v) is 8.85. The van der Waals surface area contributed by atoms with Crippen molar-refractivity contribution in [3.63, 3.8) is 0 Å². The first-order valence-electron chi connectivity index (χ1n) is 8.85. The summed E-state index contributed by atoms with van der Waals surface area (Å²) in [5.41, 5.74) is 1.20. The molecule has 0 N–H and O–H groups in total. The first-order chi connectivity index (χ1) is 13.7. The van der Waals surface area contributed by atoms with Crippen LogP contribution in [0.15, 0.2) is 93.1 Å². The van der Waals surface area contributed by atoms with E-state index >= 15 is 0 Å². The molecule has 0 aliphatic carbocycles. The second kappa shape index (κ2) is 6.35. The minimum atomic E-state index is -0.443. The van der Waals surface area contributed by atoms with Crippen molar-refractivity contribution in [3.8, 4) is 5.69 Å². The maximum absolute atomic E-state index is 12.8. The molecule has 6 nitrogen and oxygen atoms in total. The third kappa shape index (κ3) is 2.63. The topological polar surface area (TPSA) is 70.0 Å². The highest BCUT2D eigenvalue weighted by atomic mass is 16.4. The third-order valence-corrected chi connectivity index (χ3v) is 4.79. The third-order valence-electron chi connectivity index (χ3n) is 4.79. The van der Waals surface area contributed by atoms with Gasteiger partial charge in [0.25, 0.3) is 0 Å². The van der Waals surface area contributed by atoms with Gasteiger partial charge in [-0.1, -0.05) is 48.5 Å². The second-order valence-electron chi connectivity index (χ2n) is 6.54. The molecule has 2 aromatic heterocycles. The van der Waals surface area contributed by atoms with Gasteiger partial charge < -0.3 is 4.42 Å². The van der Waals surface area contributed by atoms with Gasteiger partial charge in [0.2, 0.25) is 0 Å². The maximum Gasteiger partial charge on any atom is 0.350 e. The van der Waals surface area contributed by atoms with E-state index in [1.807, 2.05) is 60.7 Å². The Bertz CT molecular complexity index is 1430. The van der Waals surface area contributed by atoms with Crippen molar-refractivity contribution >= 4 is 21.7 Å². The molecule has 136 valence electrons. The van der Waals surface area contributed by atoms with Gasteiger partial charge in [0, 0.05) is 11.5 Å². The van der Waals surface area contributed by atoms with Crippen LogP contribution < -0.4 is 11.3 Å². The van der Waals surface area contributed by atoms with Crippen molar-refractivity contribution < 1.29 is 4.42 Å². The molecule has 3 aromatic carbocycles. The molecular formula is C22H15N3O3. The molecule has 0 saturated heterocycles. The van der Waals surface area contributed by atoms with Gasteiger partial charge in [0.1, 0.15) is 11.9 Å². The molecule has 5 rings (SSSR count). The molecule has 0 fully saturated rings. The van der Waals surface area contributed by atoms with Crippen LogP contribution in [-0.2, 0) is 6.54 Å². The number of hydrogen-bond acceptors (Lipinski definition) is 4. The van der Waals surface area contributed by atoms with Gasteiger partial charge in [0.15, 0.2) is 0 Å². The summed E-state index contributed by atoms with van der Waals surface area (Å²) < 4.78 is 8.22. The Morgan fingerprint density at radius 1 is 0.893 bits per heavy atom. The Labute approximate surface area is 158 Å². The Balaban J connectivity index is 1.69. The van der Waals surface area contributed by atoms with Crippen molar-refractivity contribution in [1.29, 1.82) is 0 Å². The Hall–Kier alpha value is -3.93. The summed E-state index contributed by atoms with van der Waals surface area (Å²) in [7, 11) is 0. The van der Waals surface area contributed by atoms with Gasteiger partial charge in [-0.25, -0.2) is 9.59 Å². The van der Waals surface area contributed by atoms with Crippen LogP contribution in [0, 0.1) is 0 Å². The Morgan fingerprint density at radius 2 is 1.68 bits per heavy atom. The molecule has 28 heavy (non-hydrogen) atoms. The summed E-state index contributed by atoms with van der Waals surface area (Å²) in [5, 5.41) is 7.06. The Kier molecular flexibility index (Phi) is 3.69. The molecule has 0 amide bonds. The standard InChI is InChI=1S/C22H15N3O3/c26-20-12-16(21-18-9-5-4-6-15(18)10-11-19(21)28-20)13-24-14-23-25(22(24)27)17-7-2-1-3-8-17/h1-12,14H,13H2. The highest BCUT2D eigenvalue weighted by Gasteiger charge is 2.13. The number of rotatable bonds is 3. The van der Waals surface area contributed by atoms with Crippen molar-refractivity contribution in [1.82, 2.24) is 14.3 Å². The largest absolute Gasteiger partial charge is 0.423 e. The second-order valence-corrected chi connectivity index (χ2v) is 6.54. The van der Waals surface area contributed by atoms with Crippen molar-refractivity contribution in [2.24, 2.45) is 0 Å². The SMILES string of the molecule is O=c1cc(Cn2cnn(-c3ccccc3)c2=O)c2c(ccc3ccccc32)o1. The lowest BCUT2D eigenvalue weighted by Crippen LogP contribution is -2.24. The fraction of sp³-hybridized carbons (Fsp3) is 0.0455. The lowest BCUT2D eigenvalue weighted by Gasteiger charge is -2.08.